The average Bonchev–Trinajstić information content (AvgIpc) is 2.11. The fraction of sp³-hybridized carbons (Fsp3) is 0.250. The van der Waals surface area contributed by atoms with E-state index in [4.69, 9.17) is 32.5 Å². The molecule has 0 atom stereocenters. The van der Waals surface area contributed by atoms with Gasteiger partial charge in [0, 0.05) is 29.7 Å². The van der Waals surface area contributed by atoms with Crippen LogP contribution >= 0.6 is 23.2 Å². The fourth-order valence-electron chi connectivity index (χ4n) is 1.07. The lowest BCUT2D eigenvalue weighted by Crippen LogP contribution is -2.36. The van der Waals surface area contributed by atoms with Gasteiger partial charge in [-0.2, -0.15) is 0 Å². The Labute approximate surface area is 87.9 Å². The standard InChI is InChI=1S/C8H9BCl2O2/c1-12-9(13-2)8-6(10)4-3-5-7(8)11/h3-5H,1-2H3. The van der Waals surface area contributed by atoms with E-state index in [1.165, 1.54) is 14.2 Å². The van der Waals surface area contributed by atoms with Crippen LogP contribution in [0.4, 0.5) is 0 Å². The minimum absolute atomic E-state index is 0.513. The number of hydrogen-bond donors (Lipinski definition) is 0. The highest BCUT2D eigenvalue weighted by Gasteiger charge is 2.23. The van der Waals surface area contributed by atoms with Crippen molar-refractivity contribution in [2.45, 2.75) is 0 Å². The SMILES string of the molecule is COB(OC)c1c(Cl)cccc1Cl. The van der Waals surface area contributed by atoms with Gasteiger partial charge in [0.15, 0.2) is 0 Å². The summed E-state index contributed by atoms with van der Waals surface area (Å²) in [5.41, 5.74) is 0.663. The van der Waals surface area contributed by atoms with E-state index in [2.05, 4.69) is 0 Å². The Bertz CT molecular complexity index is 269. The van der Waals surface area contributed by atoms with Crippen molar-refractivity contribution in [1.29, 1.82) is 0 Å². The van der Waals surface area contributed by atoms with Crippen LogP contribution in [0.3, 0.4) is 0 Å². The Kier molecular flexibility index (Phi) is 4.07. The van der Waals surface area contributed by atoms with E-state index in [1.54, 1.807) is 18.2 Å². The van der Waals surface area contributed by atoms with Gasteiger partial charge in [0.1, 0.15) is 0 Å². The highest BCUT2D eigenvalue weighted by Crippen LogP contribution is 2.14. The Morgan fingerprint density at radius 2 is 1.54 bits per heavy atom. The van der Waals surface area contributed by atoms with Crippen LogP contribution in [-0.2, 0) is 9.31 Å². The molecule has 1 aromatic rings. The molecule has 0 unspecified atom stereocenters. The quantitative estimate of drug-likeness (QED) is 0.723. The predicted octanol–water partition coefficient (Wildman–Crippen LogP) is 1.98. The molecule has 13 heavy (non-hydrogen) atoms. The molecule has 0 radical (unpaired) electrons. The minimum atomic E-state index is -0.513. The molecule has 0 amide bonds. The van der Waals surface area contributed by atoms with E-state index >= 15 is 0 Å². The topological polar surface area (TPSA) is 18.5 Å². The molecule has 0 saturated heterocycles. The van der Waals surface area contributed by atoms with Gasteiger partial charge in [0.2, 0.25) is 0 Å². The van der Waals surface area contributed by atoms with E-state index in [0.29, 0.717) is 15.5 Å². The first-order valence-electron chi connectivity index (χ1n) is 3.70. The summed E-state index contributed by atoms with van der Waals surface area (Å²) in [6.45, 7) is 0. The van der Waals surface area contributed by atoms with Crippen molar-refractivity contribution in [2.75, 3.05) is 14.2 Å². The monoisotopic (exact) mass is 218 g/mol. The van der Waals surface area contributed by atoms with Crippen molar-refractivity contribution in [3.63, 3.8) is 0 Å². The highest BCUT2D eigenvalue weighted by molar-refractivity contribution is 6.68. The van der Waals surface area contributed by atoms with Crippen LogP contribution in [0.1, 0.15) is 0 Å². The molecule has 1 rings (SSSR count). The maximum atomic E-state index is 5.94. The zero-order chi connectivity index (χ0) is 9.84. The van der Waals surface area contributed by atoms with Gasteiger partial charge in [-0.05, 0) is 12.1 Å². The molecule has 0 aliphatic heterocycles. The zero-order valence-electron chi connectivity index (χ0n) is 7.38. The molecule has 0 spiro atoms. The summed E-state index contributed by atoms with van der Waals surface area (Å²) < 4.78 is 10.1. The number of rotatable bonds is 3. The predicted molar refractivity (Wildman–Crippen MR) is 55.9 cm³/mol. The van der Waals surface area contributed by atoms with Crippen molar-refractivity contribution < 1.29 is 9.31 Å². The Hall–Kier alpha value is -0.215. The Morgan fingerprint density at radius 1 is 1.08 bits per heavy atom. The van der Waals surface area contributed by atoms with E-state index in [1.807, 2.05) is 0 Å². The van der Waals surface area contributed by atoms with Crippen LogP contribution in [0.5, 0.6) is 0 Å². The molecule has 2 nitrogen and oxygen atoms in total. The van der Waals surface area contributed by atoms with Crippen molar-refractivity contribution in [1.82, 2.24) is 0 Å². The number of benzene rings is 1. The van der Waals surface area contributed by atoms with Crippen LogP contribution in [0.25, 0.3) is 0 Å². The number of halogens is 2. The minimum Gasteiger partial charge on any atom is -0.410 e. The largest absolute Gasteiger partial charge is 0.496 e. The summed E-state index contributed by atoms with van der Waals surface area (Å²) in [6, 6.07) is 5.26. The van der Waals surface area contributed by atoms with E-state index < -0.39 is 7.12 Å². The van der Waals surface area contributed by atoms with Crippen LogP contribution in [0.15, 0.2) is 18.2 Å². The summed E-state index contributed by atoms with van der Waals surface area (Å²) >= 11 is 11.9. The summed E-state index contributed by atoms with van der Waals surface area (Å²) in [5, 5.41) is 1.09. The van der Waals surface area contributed by atoms with Crippen molar-refractivity contribution in [3.8, 4) is 0 Å². The second kappa shape index (κ2) is 4.87. The molecule has 0 bridgehead atoms. The van der Waals surface area contributed by atoms with E-state index in [-0.39, 0.29) is 0 Å². The normalized spacial score (nSPS) is 10.2. The molecule has 0 N–H and O–H groups in total. The van der Waals surface area contributed by atoms with Crippen LogP contribution in [0.2, 0.25) is 10.0 Å². The second-order valence-electron chi connectivity index (χ2n) is 2.44. The second-order valence-corrected chi connectivity index (χ2v) is 3.25. The first kappa shape index (κ1) is 10.9. The molecular formula is C8H9BCl2O2. The average molecular weight is 219 g/mol. The molecule has 0 aliphatic carbocycles. The third-order valence-electron chi connectivity index (χ3n) is 1.66. The molecule has 70 valence electrons. The third kappa shape index (κ3) is 2.38. The first-order chi connectivity index (χ1) is 6.20. The van der Waals surface area contributed by atoms with Gasteiger partial charge >= 0.3 is 7.12 Å². The molecule has 0 aromatic heterocycles. The van der Waals surface area contributed by atoms with E-state index in [0.717, 1.165) is 0 Å². The molecule has 5 heteroatoms. The molecule has 0 heterocycles. The molecule has 0 fully saturated rings. The lowest BCUT2D eigenvalue weighted by molar-refractivity contribution is 0.292. The van der Waals surface area contributed by atoms with Gasteiger partial charge in [0.25, 0.3) is 0 Å². The van der Waals surface area contributed by atoms with Gasteiger partial charge in [-0.25, -0.2) is 0 Å². The number of hydrogen-bond acceptors (Lipinski definition) is 2. The lowest BCUT2D eigenvalue weighted by atomic mass is 9.79. The third-order valence-corrected chi connectivity index (χ3v) is 2.32. The summed E-state index contributed by atoms with van der Waals surface area (Å²) in [4.78, 5) is 0. The summed E-state index contributed by atoms with van der Waals surface area (Å²) in [6.07, 6.45) is 0. The zero-order valence-corrected chi connectivity index (χ0v) is 8.89. The van der Waals surface area contributed by atoms with Crippen LogP contribution in [-0.4, -0.2) is 21.3 Å². The van der Waals surface area contributed by atoms with Gasteiger partial charge in [-0.1, -0.05) is 29.3 Å². The highest BCUT2D eigenvalue weighted by atomic mass is 35.5. The smallest absolute Gasteiger partial charge is 0.410 e. The molecule has 0 saturated carbocycles. The van der Waals surface area contributed by atoms with Gasteiger partial charge in [-0.15, -0.1) is 0 Å². The summed E-state index contributed by atoms with van der Waals surface area (Å²) in [5.74, 6) is 0. The van der Waals surface area contributed by atoms with Crippen LogP contribution < -0.4 is 5.46 Å². The van der Waals surface area contributed by atoms with Gasteiger partial charge in [-0.3, -0.25) is 0 Å². The molecule has 1 aromatic carbocycles. The van der Waals surface area contributed by atoms with Gasteiger partial charge < -0.3 is 9.31 Å². The lowest BCUT2D eigenvalue weighted by Gasteiger charge is -2.11. The van der Waals surface area contributed by atoms with Crippen LogP contribution in [0, 0.1) is 0 Å². The molecular weight excluding hydrogens is 210 g/mol. The molecule has 0 aliphatic rings. The maximum absolute atomic E-state index is 5.94. The first-order valence-corrected chi connectivity index (χ1v) is 4.45. The van der Waals surface area contributed by atoms with Crippen molar-refractivity contribution >= 4 is 35.8 Å². The summed E-state index contributed by atoms with van der Waals surface area (Å²) in [7, 11) is 2.56. The van der Waals surface area contributed by atoms with Gasteiger partial charge in [0.05, 0.1) is 0 Å². The Balaban J connectivity index is 3.10. The Morgan fingerprint density at radius 3 is 1.92 bits per heavy atom. The van der Waals surface area contributed by atoms with E-state index in [9.17, 15) is 0 Å². The fourth-order valence-corrected chi connectivity index (χ4v) is 1.64. The van der Waals surface area contributed by atoms with Crippen molar-refractivity contribution in [3.05, 3.63) is 28.2 Å². The maximum Gasteiger partial charge on any atom is 0.496 e. The van der Waals surface area contributed by atoms with Crippen molar-refractivity contribution in [2.24, 2.45) is 0 Å².